The van der Waals surface area contributed by atoms with Crippen molar-refractivity contribution < 1.29 is 9.84 Å². The Kier molecular flexibility index (Phi) is 3.69. The normalized spacial score (nSPS) is 19.4. The standard InChI is InChI=1S/C12H16ClNO2/c13-10-3-1-2-4-11(10)16-9-12(15)5-7-14-8-6-12/h1-4,14-15H,5-9H2. The molecule has 1 fully saturated rings. The number of rotatable bonds is 3. The zero-order valence-corrected chi connectivity index (χ0v) is 9.83. The van der Waals surface area contributed by atoms with E-state index < -0.39 is 5.60 Å². The minimum Gasteiger partial charge on any atom is -0.489 e. The number of hydrogen-bond donors (Lipinski definition) is 2. The van der Waals surface area contributed by atoms with Gasteiger partial charge in [0, 0.05) is 0 Å². The highest BCUT2D eigenvalue weighted by atomic mass is 35.5. The topological polar surface area (TPSA) is 41.5 Å². The minimum atomic E-state index is -0.718. The van der Waals surface area contributed by atoms with Crippen LogP contribution in [0.5, 0.6) is 5.75 Å². The highest BCUT2D eigenvalue weighted by Crippen LogP contribution is 2.26. The molecule has 1 aromatic carbocycles. The summed E-state index contributed by atoms with van der Waals surface area (Å²) in [5.74, 6) is 0.635. The largest absolute Gasteiger partial charge is 0.489 e. The lowest BCUT2D eigenvalue weighted by Gasteiger charge is -2.32. The SMILES string of the molecule is OC1(COc2ccccc2Cl)CCNCC1. The number of nitrogens with one attached hydrogen (secondary N) is 1. The molecule has 0 atom stereocenters. The summed E-state index contributed by atoms with van der Waals surface area (Å²) in [6.07, 6.45) is 1.44. The summed E-state index contributed by atoms with van der Waals surface area (Å²) >= 11 is 5.97. The molecule has 0 spiro atoms. The first-order valence-corrected chi connectivity index (χ1v) is 5.88. The quantitative estimate of drug-likeness (QED) is 0.849. The summed E-state index contributed by atoms with van der Waals surface area (Å²) < 4.78 is 5.57. The predicted octanol–water partition coefficient (Wildman–Crippen LogP) is 1.83. The zero-order chi connectivity index (χ0) is 11.4. The summed E-state index contributed by atoms with van der Waals surface area (Å²) in [6, 6.07) is 7.32. The van der Waals surface area contributed by atoms with Crippen molar-refractivity contribution in [3.05, 3.63) is 29.3 Å². The molecule has 3 nitrogen and oxygen atoms in total. The predicted molar refractivity (Wildman–Crippen MR) is 64.0 cm³/mol. The van der Waals surface area contributed by atoms with E-state index in [1.54, 1.807) is 6.07 Å². The van der Waals surface area contributed by atoms with Crippen LogP contribution in [0.3, 0.4) is 0 Å². The van der Waals surface area contributed by atoms with Crippen LogP contribution in [0.4, 0.5) is 0 Å². The van der Waals surface area contributed by atoms with Gasteiger partial charge in [-0.25, -0.2) is 0 Å². The third kappa shape index (κ3) is 2.88. The van der Waals surface area contributed by atoms with Crippen LogP contribution in [-0.2, 0) is 0 Å². The molecule has 0 unspecified atom stereocenters. The van der Waals surface area contributed by atoms with Gasteiger partial charge in [0.2, 0.25) is 0 Å². The van der Waals surface area contributed by atoms with Crippen molar-refractivity contribution >= 4 is 11.6 Å². The van der Waals surface area contributed by atoms with Crippen molar-refractivity contribution in [2.45, 2.75) is 18.4 Å². The number of aliphatic hydroxyl groups is 1. The molecule has 1 heterocycles. The van der Waals surface area contributed by atoms with E-state index in [-0.39, 0.29) is 0 Å². The average molecular weight is 242 g/mol. The number of ether oxygens (including phenoxy) is 1. The molecule has 0 amide bonds. The summed E-state index contributed by atoms with van der Waals surface area (Å²) in [6.45, 7) is 1.98. The van der Waals surface area contributed by atoms with Crippen LogP contribution in [-0.4, -0.2) is 30.4 Å². The van der Waals surface area contributed by atoms with Gasteiger partial charge in [0.25, 0.3) is 0 Å². The van der Waals surface area contributed by atoms with Gasteiger partial charge in [-0.05, 0) is 38.1 Å². The molecule has 88 valence electrons. The van der Waals surface area contributed by atoms with Gasteiger partial charge in [0.05, 0.1) is 5.02 Å². The van der Waals surface area contributed by atoms with Crippen LogP contribution in [0.15, 0.2) is 24.3 Å². The fourth-order valence-electron chi connectivity index (χ4n) is 1.81. The lowest BCUT2D eigenvalue weighted by Crippen LogP contribution is -2.45. The van der Waals surface area contributed by atoms with E-state index >= 15 is 0 Å². The molecule has 0 bridgehead atoms. The van der Waals surface area contributed by atoms with Gasteiger partial charge in [-0.15, -0.1) is 0 Å². The molecule has 2 rings (SSSR count). The number of para-hydroxylation sites is 1. The molecule has 0 radical (unpaired) electrons. The van der Waals surface area contributed by atoms with Crippen LogP contribution in [0, 0.1) is 0 Å². The fraction of sp³-hybridized carbons (Fsp3) is 0.500. The number of halogens is 1. The van der Waals surface area contributed by atoms with Gasteiger partial charge in [-0.3, -0.25) is 0 Å². The second-order valence-electron chi connectivity index (χ2n) is 4.19. The molecular formula is C12H16ClNO2. The van der Waals surface area contributed by atoms with Crippen LogP contribution in [0.1, 0.15) is 12.8 Å². The second kappa shape index (κ2) is 5.04. The second-order valence-corrected chi connectivity index (χ2v) is 4.60. The Labute approximate surface area is 100 Å². The maximum Gasteiger partial charge on any atom is 0.138 e. The molecular weight excluding hydrogens is 226 g/mol. The third-order valence-corrected chi connectivity index (χ3v) is 3.18. The van der Waals surface area contributed by atoms with Crippen LogP contribution >= 0.6 is 11.6 Å². The van der Waals surface area contributed by atoms with Crippen LogP contribution < -0.4 is 10.1 Å². The maximum atomic E-state index is 10.2. The molecule has 16 heavy (non-hydrogen) atoms. The Bertz CT molecular complexity index is 351. The Balaban J connectivity index is 1.94. The van der Waals surface area contributed by atoms with E-state index in [4.69, 9.17) is 16.3 Å². The van der Waals surface area contributed by atoms with Gasteiger partial charge >= 0.3 is 0 Å². The van der Waals surface area contributed by atoms with Crippen molar-refractivity contribution in [3.63, 3.8) is 0 Å². The summed E-state index contributed by atoms with van der Waals surface area (Å²) in [7, 11) is 0. The molecule has 4 heteroatoms. The highest BCUT2D eigenvalue weighted by Gasteiger charge is 2.30. The Morgan fingerprint density at radius 3 is 2.69 bits per heavy atom. The number of piperidine rings is 1. The van der Waals surface area contributed by atoms with E-state index in [2.05, 4.69) is 5.32 Å². The third-order valence-electron chi connectivity index (χ3n) is 2.87. The zero-order valence-electron chi connectivity index (χ0n) is 9.08. The summed E-state index contributed by atoms with van der Waals surface area (Å²) in [5, 5.41) is 14.0. The van der Waals surface area contributed by atoms with Crippen LogP contribution in [0.25, 0.3) is 0 Å². The molecule has 0 aromatic heterocycles. The van der Waals surface area contributed by atoms with Gasteiger partial charge < -0.3 is 15.2 Å². The smallest absolute Gasteiger partial charge is 0.138 e. The first kappa shape index (κ1) is 11.7. The lowest BCUT2D eigenvalue weighted by atomic mass is 9.94. The van der Waals surface area contributed by atoms with Gasteiger partial charge in [-0.1, -0.05) is 23.7 Å². The first-order valence-electron chi connectivity index (χ1n) is 5.50. The molecule has 1 saturated heterocycles. The molecule has 1 aromatic rings. The van der Waals surface area contributed by atoms with Gasteiger partial charge in [-0.2, -0.15) is 0 Å². The van der Waals surface area contributed by atoms with Crippen molar-refractivity contribution in [3.8, 4) is 5.75 Å². The van der Waals surface area contributed by atoms with Crippen molar-refractivity contribution in [1.82, 2.24) is 5.32 Å². The molecule has 0 aliphatic carbocycles. The molecule has 1 aliphatic heterocycles. The maximum absolute atomic E-state index is 10.2. The molecule has 2 N–H and O–H groups in total. The first-order chi connectivity index (χ1) is 7.70. The van der Waals surface area contributed by atoms with Crippen LogP contribution in [0.2, 0.25) is 5.02 Å². The van der Waals surface area contributed by atoms with E-state index in [1.807, 2.05) is 18.2 Å². The minimum absolute atomic E-state index is 0.304. The lowest BCUT2D eigenvalue weighted by molar-refractivity contribution is -0.0285. The Morgan fingerprint density at radius 1 is 1.31 bits per heavy atom. The van der Waals surface area contributed by atoms with E-state index in [0.717, 1.165) is 25.9 Å². The van der Waals surface area contributed by atoms with Crippen molar-refractivity contribution in [2.24, 2.45) is 0 Å². The number of hydrogen-bond acceptors (Lipinski definition) is 3. The Morgan fingerprint density at radius 2 is 2.00 bits per heavy atom. The summed E-state index contributed by atoms with van der Waals surface area (Å²) in [5.41, 5.74) is -0.718. The Hall–Kier alpha value is -0.770. The molecule has 0 saturated carbocycles. The van der Waals surface area contributed by atoms with Gasteiger partial charge in [0.15, 0.2) is 0 Å². The number of benzene rings is 1. The van der Waals surface area contributed by atoms with E-state index in [1.165, 1.54) is 0 Å². The van der Waals surface area contributed by atoms with Crippen molar-refractivity contribution in [1.29, 1.82) is 0 Å². The monoisotopic (exact) mass is 241 g/mol. The van der Waals surface area contributed by atoms with Gasteiger partial charge in [0.1, 0.15) is 18.0 Å². The fourth-order valence-corrected chi connectivity index (χ4v) is 2.00. The highest BCUT2D eigenvalue weighted by molar-refractivity contribution is 6.32. The van der Waals surface area contributed by atoms with E-state index in [0.29, 0.717) is 17.4 Å². The molecule has 1 aliphatic rings. The average Bonchev–Trinajstić information content (AvgIpc) is 2.29. The van der Waals surface area contributed by atoms with E-state index in [9.17, 15) is 5.11 Å². The summed E-state index contributed by atoms with van der Waals surface area (Å²) in [4.78, 5) is 0. The van der Waals surface area contributed by atoms with Crippen molar-refractivity contribution in [2.75, 3.05) is 19.7 Å².